The smallest absolute Gasteiger partial charge is 0.241 e. The maximum atomic E-state index is 11.6. The normalized spacial score (nSPS) is 12.2. The Morgan fingerprint density at radius 1 is 1.38 bits per heavy atom. The maximum Gasteiger partial charge on any atom is 0.241 e. The van der Waals surface area contributed by atoms with E-state index in [1.165, 1.54) is 0 Å². The Labute approximate surface area is 105 Å². The fourth-order valence-electron chi connectivity index (χ4n) is 1.30. The van der Waals surface area contributed by atoms with Crippen molar-refractivity contribution in [3.05, 3.63) is 28.2 Å². The van der Waals surface area contributed by atoms with Crippen molar-refractivity contribution in [3.63, 3.8) is 0 Å². The van der Waals surface area contributed by atoms with Gasteiger partial charge < -0.3 is 11.1 Å². The van der Waals surface area contributed by atoms with Gasteiger partial charge in [-0.05, 0) is 24.6 Å². The highest BCUT2D eigenvalue weighted by Gasteiger charge is 2.12. The van der Waals surface area contributed by atoms with E-state index in [0.29, 0.717) is 22.2 Å². The Bertz CT molecular complexity index is 362. The SMILES string of the molecule is CCC[C@H](N)C(=O)Nc1cc(Cl)cc(Cl)c1. The summed E-state index contributed by atoms with van der Waals surface area (Å²) in [4.78, 5) is 11.6. The second-order valence-corrected chi connectivity index (χ2v) is 4.42. The van der Waals surface area contributed by atoms with E-state index in [2.05, 4.69) is 5.32 Å². The Morgan fingerprint density at radius 3 is 2.44 bits per heavy atom. The molecule has 0 aliphatic heterocycles. The number of nitrogens with one attached hydrogen (secondary N) is 1. The molecule has 0 radical (unpaired) electrons. The number of carbonyl (C=O) groups excluding carboxylic acids is 1. The standard InChI is InChI=1S/C11H14Cl2N2O/c1-2-3-10(14)11(16)15-9-5-7(12)4-8(13)6-9/h4-6,10H,2-3,14H2,1H3,(H,15,16)/t10-/m0/s1. The minimum Gasteiger partial charge on any atom is -0.325 e. The van der Waals surface area contributed by atoms with E-state index < -0.39 is 6.04 Å². The third kappa shape index (κ3) is 4.00. The number of halogens is 2. The van der Waals surface area contributed by atoms with Crippen LogP contribution in [0.2, 0.25) is 10.0 Å². The largest absolute Gasteiger partial charge is 0.325 e. The van der Waals surface area contributed by atoms with Crippen LogP contribution in [-0.4, -0.2) is 11.9 Å². The van der Waals surface area contributed by atoms with Crippen LogP contribution in [0.15, 0.2) is 18.2 Å². The molecule has 16 heavy (non-hydrogen) atoms. The number of rotatable bonds is 4. The molecule has 3 N–H and O–H groups in total. The number of hydrogen-bond acceptors (Lipinski definition) is 2. The van der Waals surface area contributed by atoms with E-state index in [1.807, 2.05) is 6.92 Å². The van der Waals surface area contributed by atoms with Gasteiger partial charge in [0.1, 0.15) is 0 Å². The second-order valence-electron chi connectivity index (χ2n) is 3.54. The summed E-state index contributed by atoms with van der Waals surface area (Å²) in [6.45, 7) is 1.98. The monoisotopic (exact) mass is 260 g/mol. The van der Waals surface area contributed by atoms with Crippen LogP contribution in [0.1, 0.15) is 19.8 Å². The number of benzene rings is 1. The van der Waals surface area contributed by atoms with E-state index in [0.717, 1.165) is 6.42 Å². The molecule has 3 nitrogen and oxygen atoms in total. The van der Waals surface area contributed by atoms with E-state index in [1.54, 1.807) is 18.2 Å². The molecule has 0 unspecified atom stereocenters. The molecule has 0 saturated heterocycles. The van der Waals surface area contributed by atoms with Crippen molar-refractivity contribution in [2.24, 2.45) is 5.73 Å². The van der Waals surface area contributed by atoms with Crippen molar-refractivity contribution in [1.82, 2.24) is 0 Å². The molecule has 0 spiro atoms. The molecule has 1 atom stereocenters. The van der Waals surface area contributed by atoms with Crippen LogP contribution in [0.25, 0.3) is 0 Å². The number of nitrogens with two attached hydrogens (primary N) is 1. The molecule has 0 fully saturated rings. The van der Waals surface area contributed by atoms with Gasteiger partial charge in [-0.2, -0.15) is 0 Å². The van der Waals surface area contributed by atoms with E-state index in [9.17, 15) is 4.79 Å². The molecule has 0 aromatic heterocycles. The van der Waals surface area contributed by atoms with Gasteiger partial charge in [0.05, 0.1) is 6.04 Å². The molecule has 1 aromatic rings. The summed E-state index contributed by atoms with van der Waals surface area (Å²) in [5.41, 5.74) is 6.24. The first kappa shape index (κ1) is 13.3. The van der Waals surface area contributed by atoms with Crippen LogP contribution >= 0.6 is 23.2 Å². The lowest BCUT2D eigenvalue weighted by Crippen LogP contribution is -2.35. The Kier molecular flexibility index (Phi) is 5.06. The van der Waals surface area contributed by atoms with Gasteiger partial charge in [-0.1, -0.05) is 36.5 Å². The Hall–Kier alpha value is -0.770. The molecule has 0 bridgehead atoms. The molecular formula is C11H14Cl2N2O. The first-order valence-electron chi connectivity index (χ1n) is 5.05. The molecule has 88 valence electrons. The van der Waals surface area contributed by atoms with Crippen LogP contribution in [0.3, 0.4) is 0 Å². The van der Waals surface area contributed by atoms with E-state index in [4.69, 9.17) is 28.9 Å². The fourth-order valence-corrected chi connectivity index (χ4v) is 1.83. The first-order chi connectivity index (χ1) is 7.52. The summed E-state index contributed by atoms with van der Waals surface area (Å²) in [5.74, 6) is -0.222. The average molecular weight is 261 g/mol. The van der Waals surface area contributed by atoms with Crippen LogP contribution in [0.4, 0.5) is 5.69 Å². The molecule has 0 aliphatic rings. The van der Waals surface area contributed by atoms with Crippen LogP contribution in [-0.2, 0) is 4.79 Å². The highest BCUT2D eigenvalue weighted by Crippen LogP contribution is 2.22. The lowest BCUT2D eigenvalue weighted by molar-refractivity contribution is -0.117. The lowest BCUT2D eigenvalue weighted by atomic mass is 10.1. The number of carbonyl (C=O) groups is 1. The first-order valence-corrected chi connectivity index (χ1v) is 5.81. The highest BCUT2D eigenvalue weighted by molar-refractivity contribution is 6.35. The van der Waals surface area contributed by atoms with Gasteiger partial charge in [-0.15, -0.1) is 0 Å². The molecule has 0 aliphatic carbocycles. The summed E-state index contributed by atoms with van der Waals surface area (Å²) in [6.07, 6.45) is 1.52. The summed E-state index contributed by atoms with van der Waals surface area (Å²) >= 11 is 11.6. The minimum atomic E-state index is -0.497. The molecule has 1 aromatic carbocycles. The second kappa shape index (κ2) is 6.09. The number of anilines is 1. The molecule has 0 heterocycles. The highest BCUT2D eigenvalue weighted by atomic mass is 35.5. The summed E-state index contributed by atoms with van der Waals surface area (Å²) in [7, 11) is 0. The van der Waals surface area contributed by atoms with Crippen molar-refractivity contribution >= 4 is 34.8 Å². The molecule has 1 amide bonds. The van der Waals surface area contributed by atoms with Gasteiger partial charge in [-0.25, -0.2) is 0 Å². The molecule has 5 heteroatoms. The molecule has 0 saturated carbocycles. The molecular weight excluding hydrogens is 247 g/mol. The van der Waals surface area contributed by atoms with Gasteiger partial charge in [0.2, 0.25) is 5.91 Å². The summed E-state index contributed by atoms with van der Waals surface area (Å²) in [6, 6.07) is 4.36. The zero-order chi connectivity index (χ0) is 12.1. The van der Waals surface area contributed by atoms with Gasteiger partial charge in [0.25, 0.3) is 0 Å². The minimum absolute atomic E-state index is 0.222. The number of hydrogen-bond donors (Lipinski definition) is 2. The van der Waals surface area contributed by atoms with Crippen molar-refractivity contribution in [3.8, 4) is 0 Å². The van der Waals surface area contributed by atoms with Crippen molar-refractivity contribution < 1.29 is 4.79 Å². The van der Waals surface area contributed by atoms with Gasteiger partial charge in [0, 0.05) is 15.7 Å². The predicted octanol–water partition coefficient (Wildman–Crippen LogP) is 3.06. The number of amides is 1. The van der Waals surface area contributed by atoms with Crippen molar-refractivity contribution in [1.29, 1.82) is 0 Å². The predicted molar refractivity (Wildman–Crippen MR) is 68.0 cm³/mol. The van der Waals surface area contributed by atoms with Crippen LogP contribution in [0.5, 0.6) is 0 Å². The average Bonchev–Trinajstić information content (AvgIpc) is 2.16. The lowest BCUT2D eigenvalue weighted by Gasteiger charge is -2.11. The third-order valence-corrected chi connectivity index (χ3v) is 2.50. The summed E-state index contributed by atoms with van der Waals surface area (Å²) < 4.78 is 0. The van der Waals surface area contributed by atoms with E-state index >= 15 is 0 Å². The molecule has 1 rings (SSSR count). The van der Waals surface area contributed by atoms with Crippen molar-refractivity contribution in [2.45, 2.75) is 25.8 Å². The van der Waals surface area contributed by atoms with Crippen LogP contribution in [0, 0.1) is 0 Å². The fraction of sp³-hybridized carbons (Fsp3) is 0.364. The van der Waals surface area contributed by atoms with Gasteiger partial charge in [-0.3, -0.25) is 4.79 Å². The Balaban J connectivity index is 2.69. The zero-order valence-corrected chi connectivity index (χ0v) is 10.5. The van der Waals surface area contributed by atoms with Crippen LogP contribution < -0.4 is 11.1 Å². The summed E-state index contributed by atoms with van der Waals surface area (Å²) in [5, 5.41) is 3.63. The maximum absolute atomic E-state index is 11.6. The third-order valence-electron chi connectivity index (χ3n) is 2.07. The van der Waals surface area contributed by atoms with E-state index in [-0.39, 0.29) is 5.91 Å². The quantitative estimate of drug-likeness (QED) is 0.875. The van der Waals surface area contributed by atoms with Crippen molar-refractivity contribution in [2.75, 3.05) is 5.32 Å². The zero-order valence-electron chi connectivity index (χ0n) is 8.97. The topological polar surface area (TPSA) is 55.1 Å². The van der Waals surface area contributed by atoms with Gasteiger partial charge in [0.15, 0.2) is 0 Å². The Morgan fingerprint density at radius 2 is 1.94 bits per heavy atom. The van der Waals surface area contributed by atoms with Gasteiger partial charge >= 0.3 is 0 Å².